The van der Waals surface area contributed by atoms with E-state index in [4.69, 9.17) is 9.05 Å². The zero-order valence-electron chi connectivity index (χ0n) is 56.5. The van der Waals surface area contributed by atoms with Crippen LogP contribution in [-0.2, 0) is 18.4 Å². The van der Waals surface area contributed by atoms with Gasteiger partial charge in [0.25, 0.3) is 0 Å². The Morgan fingerprint density at radius 2 is 0.585 bits per heavy atom. The summed E-state index contributed by atoms with van der Waals surface area (Å²) < 4.78 is 23.9. The molecule has 0 aromatic heterocycles. The van der Waals surface area contributed by atoms with Crippen LogP contribution in [0.3, 0.4) is 0 Å². The molecule has 8 nitrogen and oxygen atoms in total. The summed E-state index contributed by atoms with van der Waals surface area (Å²) in [5, 5.41) is 14.2. The fourth-order valence-corrected chi connectivity index (χ4v) is 12.8. The minimum atomic E-state index is -4.33. The number of nitrogens with zero attached hydrogens (tertiary/aromatic N) is 1. The number of nitrogens with one attached hydrogen (secondary N) is 1. The number of aliphatic hydroxyl groups excluding tert-OH is 1. The van der Waals surface area contributed by atoms with Crippen molar-refractivity contribution in [3.8, 4) is 0 Å². The first kappa shape index (κ1) is 81.5. The second-order valence-corrected chi connectivity index (χ2v) is 28.9. The van der Waals surface area contributed by atoms with Gasteiger partial charge in [-0.1, -0.05) is 393 Å². The fraction of sp³-hybridized carbons (Fsp3) is 0.986. The summed E-state index contributed by atoms with van der Waals surface area (Å²) in [5.74, 6) is -0.132. The molecule has 492 valence electrons. The smallest absolute Gasteiger partial charge is 0.391 e. The van der Waals surface area contributed by atoms with Crippen molar-refractivity contribution in [3.63, 3.8) is 0 Å². The number of amides is 1. The van der Waals surface area contributed by atoms with Crippen molar-refractivity contribution >= 4 is 13.7 Å². The highest BCUT2D eigenvalue weighted by molar-refractivity contribution is 7.47. The maximum atomic E-state index is 13.1. The number of carbonyl (C=O) groups is 1. The lowest BCUT2D eigenvalue weighted by Gasteiger charge is -2.26. The topological polar surface area (TPSA) is 105 Å². The van der Waals surface area contributed by atoms with E-state index in [0.717, 1.165) is 38.5 Å². The molecule has 0 radical (unpaired) electrons. The van der Waals surface area contributed by atoms with Gasteiger partial charge in [-0.2, -0.15) is 0 Å². The van der Waals surface area contributed by atoms with Crippen molar-refractivity contribution in [1.29, 1.82) is 0 Å². The molecular weight excluding hydrogens is 1030 g/mol. The van der Waals surface area contributed by atoms with Crippen molar-refractivity contribution in [3.05, 3.63) is 0 Å². The number of phosphoric acid groups is 1. The molecule has 82 heavy (non-hydrogen) atoms. The van der Waals surface area contributed by atoms with Crippen LogP contribution in [0.4, 0.5) is 0 Å². The van der Waals surface area contributed by atoms with Gasteiger partial charge in [0.1, 0.15) is 13.2 Å². The molecule has 3 atom stereocenters. The Kier molecular flexibility index (Phi) is 64.6. The Labute approximate surface area is 514 Å². The number of rotatable bonds is 71. The van der Waals surface area contributed by atoms with E-state index in [1.54, 1.807) is 0 Å². The lowest BCUT2D eigenvalue weighted by molar-refractivity contribution is -0.870. The van der Waals surface area contributed by atoms with Crippen LogP contribution >= 0.6 is 7.82 Å². The Balaban J connectivity index is 3.90. The average Bonchev–Trinajstić information content (AvgIpc) is 3.46. The Bertz CT molecular complexity index is 1300. The van der Waals surface area contributed by atoms with Crippen molar-refractivity contribution in [2.45, 2.75) is 424 Å². The molecule has 0 heterocycles. The van der Waals surface area contributed by atoms with Gasteiger partial charge in [-0.15, -0.1) is 0 Å². The molecule has 0 bridgehead atoms. The average molecular weight is 1180 g/mol. The number of hydrogen-bond acceptors (Lipinski definition) is 5. The zero-order chi connectivity index (χ0) is 59.8. The quantitative estimate of drug-likeness (QED) is 0.0318. The van der Waals surface area contributed by atoms with E-state index in [1.807, 2.05) is 21.1 Å². The summed E-state index contributed by atoms with van der Waals surface area (Å²) in [6.07, 6.45) is 82.3. The van der Waals surface area contributed by atoms with Crippen LogP contribution in [0.1, 0.15) is 412 Å². The van der Waals surface area contributed by atoms with Crippen LogP contribution in [0, 0.1) is 0 Å². The van der Waals surface area contributed by atoms with Gasteiger partial charge in [-0.25, -0.2) is 4.57 Å². The first-order valence-corrected chi connectivity index (χ1v) is 38.9. The molecule has 0 saturated carbocycles. The summed E-state index contributed by atoms with van der Waals surface area (Å²) in [6.45, 7) is 4.97. The van der Waals surface area contributed by atoms with E-state index in [2.05, 4.69) is 19.2 Å². The maximum absolute atomic E-state index is 13.1. The Hall–Kier alpha value is -0.500. The molecule has 3 unspecified atom stereocenters. The predicted octanol–water partition coefficient (Wildman–Crippen LogP) is 23.9. The van der Waals surface area contributed by atoms with E-state index in [-0.39, 0.29) is 19.1 Å². The highest BCUT2D eigenvalue weighted by atomic mass is 31.2. The SMILES string of the molecule is CCCCCCCCCCCCCCCCCCCCCCCCCCCCCCCCCCCCCCC(=O)NC(COP(=O)(O)OCC[N+](C)(C)C)C(O)CCCCCCCCCCCCCCCCCCCCCCCCCC. The van der Waals surface area contributed by atoms with Gasteiger partial charge in [-0.05, 0) is 12.8 Å². The van der Waals surface area contributed by atoms with Gasteiger partial charge in [-0.3, -0.25) is 13.8 Å². The molecule has 9 heteroatoms. The first-order valence-electron chi connectivity index (χ1n) is 37.4. The van der Waals surface area contributed by atoms with Gasteiger partial charge in [0.05, 0.1) is 39.9 Å². The molecule has 0 aliphatic rings. The van der Waals surface area contributed by atoms with Gasteiger partial charge < -0.3 is 19.8 Å². The summed E-state index contributed by atoms with van der Waals surface area (Å²) in [6, 6.07) is -0.757. The third kappa shape index (κ3) is 67.0. The van der Waals surface area contributed by atoms with Crippen LogP contribution in [-0.4, -0.2) is 73.4 Å². The molecule has 0 spiro atoms. The monoisotopic (exact) mass is 1180 g/mol. The van der Waals surface area contributed by atoms with Gasteiger partial charge in [0, 0.05) is 6.42 Å². The molecule has 3 N–H and O–H groups in total. The number of likely N-dealkylation sites (N-methyl/N-ethyl adjacent to an activating group) is 1. The highest BCUT2D eigenvalue weighted by Crippen LogP contribution is 2.43. The number of unbranched alkanes of at least 4 members (excludes halogenated alkanes) is 58. The lowest BCUT2D eigenvalue weighted by atomic mass is 10.0. The molecule has 0 saturated heterocycles. The minimum Gasteiger partial charge on any atom is -0.391 e. The lowest BCUT2D eigenvalue weighted by Crippen LogP contribution is -2.46. The maximum Gasteiger partial charge on any atom is 0.472 e. The molecule has 0 rings (SSSR count). The number of hydrogen-bond donors (Lipinski definition) is 3. The molecule has 0 fully saturated rings. The molecular formula is C73H150N2O6P+. The van der Waals surface area contributed by atoms with E-state index in [9.17, 15) is 19.4 Å². The van der Waals surface area contributed by atoms with Crippen LogP contribution in [0.5, 0.6) is 0 Å². The summed E-state index contributed by atoms with van der Waals surface area (Å²) in [4.78, 5) is 23.5. The third-order valence-corrected chi connectivity index (χ3v) is 18.8. The Morgan fingerprint density at radius 3 is 0.817 bits per heavy atom. The molecule has 1 amide bonds. The zero-order valence-corrected chi connectivity index (χ0v) is 57.4. The van der Waals surface area contributed by atoms with Crippen LogP contribution < -0.4 is 5.32 Å². The van der Waals surface area contributed by atoms with E-state index < -0.39 is 20.0 Å². The number of quaternary nitrogens is 1. The number of phosphoric ester groups is 1. The number of aliphatic hydroxyl groups is 1. The second-order valence-electron chi connectivity index (χ2n) is 27.4. The predicted molar refractivity (Wildman–Crippen MR) is 360 cm³/mol. The van der Waals surface area contributed by atoms with Crippen molar-refractivity contribution in [2.24, 2.45) is 0 Å². The number of carbonyl (C=O) groups excluding carboxylic acids is 1. The largest absolute Gasteiger partial charge is 0.472 e. The minimum absolute atomic E-state index is 0.0795. The third-order valence-electron chi connectivity index (χ3n) is 17.9. The first-order chi connectivity index (χ1) is 40.0. The Morgan fingerprint density at radius 1 is 0.366 bits per heavy atom. The molecule has 0 aromatic carbocycles. The molecule has 0 aromatic rings. The van der Waals surface area contributed by atoms with Crippen LogP contribution in [0.2, 0.25) is 0 Å². The normalized spacial score (nSPS) is 13.5. The highest BCUT2D eigenvalue weighted by Gasteiger charge is 2.28. The fourth-order valence-electron chi connectivity index (χ4n) is 12.1. The van der Waals surface area contributed by atoms with E-state index in [0.29, 0.717) is 23.9 Å². The van der Waals surface area contributed by atoms with Crippen LogP contribution in [0.25, 0.3) is 0 Å². The van der Waals surface area contributed by atoms with Crippen molar-refractivity contribution in [2.75, 3.05) is 40.9 Å². The van der Waals surface area contributed by atoms with Crippen molar-refractivity contribution in [1.82, 2.24) is 5.32 Å². The molecule has 0 aliphatic heterocycles. The van der Waals surface area contributed by atoms with E-state index >= 15 is 0 Å². The second kappa shape index (κ2) is 65.0. The van der Waals surface area contributed by atoms with Crippen LogP contribution in [0.15, 0.2) is 0 Å². The van der Waals surface area contributed by atoms with E-state index in [1.165, 1.54) is 347 Å². The summed E-state index contributed by atoms with van der Waals surface area (Å²) in [7, 11) is 1.64. The van der Waals surface area contributed by atoms with Gasteiger partial charge in [0.15, 0.2) is 0 Å². The van der Waals surface area contributed by atoms with Gasteiger partial charge >= 0.3 is 7.82 Å². The summed E-state index contributed by atoms with van der Waals surface area (Å²) >= 11 is 0. The standard InChI is InChI=1S/C73H149N2O6P/c1-6-8-10-12-14-16-18-20-22-24-26-28-30-32-33-34-35-36-37-38-39-40-41-42-43-45-47-49-51-53-55-57-59-61-63-65-67-73(77)74-71(70-81-82(78,79)80-69-68-75(3,4)5)72(76)66-64-62-60-58-56-54-52-50-48-46-44-31-29-27-25-23-21-19-17-15-13-11-9-7-2/h71-72,76H,6-70H2,1-5H3,(H-,74,77,78,79)/p+1. The molecule has 0 aliphatic carbocycles. The van der Waals surface area contributed by atoms with Crippen molar-refractivity contribution < 1.29 is 32.9 Å². The van der Waals surface area contributed by atoms with Gasteiger partial charge in [0.2, 0.25) is 5.91 Å². The summed E-state index contributed by atoms with van der Waals surface area (Å²) in [5.41, 5.74) is 0.